The number of piperidine rings is 1. The largest absolute Gasteiger partial charge is 0.393 e. The number of hydrogen-bond acceptors (Lipinski definition) is 5. The minimum atomic E-state index is -0.270. The number of piperazine rings is 1. The van der Waals surface area contributed by atoms with Gasteiger partial charge in [0.1, 0.15) is 0 Å². The third-order valence-corrected chi connectivity index (χ3v) is 10.1. The van der Waals surface area contributed by atoms with Gasteiger partial charge >= 0.3 is 0 Å². The molecule has 2 saturated carbocycles. The van der Waals surface area contributed by atoms with Crippen molar-refractivity contribution in [1.29, 1.82) is 0 Å². The number of aryl methyl sites for hydroxylation is 1. The van der Waals surface area contributed by atoms with E-state index in [9.17, 15) is 9.90 Å². The number of benzene rings is 1. The average molecular weight is 476 g/mol. The maximum atomic E-state index is 13.4. The number of carbonyl (C=O) groups is 1. The number of anilines is 1. The van der Waals surface area contributed by atoms with Crippen molar-refractivity contribution in [2.24, 2.45) is 11.3 Å². The average Bonchev–Trinajstić information content (AvgIpc) is 3.41. The molecule has 0 radical (unpaired) electrons. The SMILES string of the molecule is Cc1cccc(N2CCN(CCn3nc(C(=O)N4CCC(O)CC4)c4c3C3[C@@H]5[C@H]4[C@]35C)CC2)c1C. The maximum absolute atomic E-state index is 13.4. The highest BCUT2D eigenvalue weighted by Gasteiger charge is 2.90. The van der Waals surface area contributed by atoms with Gasteiger partial charge in [0.15, 0.2) is 5.69 Å². The van der Waals surface area contributed by atoms with Crippen LogP contribution in [0.25, 0.3) is 0 Å². The van der Waals surface area contributed by atoms with Gasteiger partial charge in [0.05, 0.1) is 12.6 Å². The first-order valence-corrected chi connectivity index (χ1v) is 13.5. The number of likely N-dealkylation sites (tertiary alicyclic amines) is 1. The predicted octanol–water partition coefficient (Wildman–Crippen LogP) is 2.75. The molecule has 1 unspecified atom stereocenters. The van der Waals surface area contributed by atoms with E-state index in [1.54, 1.807) is 0 Å². The van der Waals surface area contributed by atoms with Crippen molar-refractivity contribution in [3.63, 3.8) is 0 Å². The van der Waals surface area contributed by atoms with E-state index in [1.807, 2.05) is 4.90 Å². The van der Waals surface area contributed by atoms with Crippen LogP contribution in [-0.2, 0) is 6.54 Å². The molecule has 35 heavy (non-hydrogen) atoms. The maximum Gasteiger partial charge on any atom is 0.274 e. The van der Waals surface area contributed by atoms with Gasteiger partial charge in [0.25, 0.3) is 5.91 Å². The summed E-state index contributed by atoms with van der Waals surface area (Å²) < 4.78 is 2.20. The zero-order valence-corrected chi connectivity index (χ0v) is 21.2. The lowest BCUT2D eigenvalue weighted by molar-refractivity contribution is 0.0539. The quantitative estimate of drug-likeness (QED) is 0.721. The molecule has 2 saturated heterocycles. The van der Waals surface area contributed by atoms with Gasteiger partial charge in [-0.05, 0) is 61.1 Å². The first-order valence-electron chi connectivity index (χ1n) is 13.5. The van der Waals surface area contributed by atoms with Gasteiger partial charge in [-0.25, -0.2) is 0 Å². The Morgan fingerprint density at radius 3 is 2.49 bits per heavy atom. The zero-order chi connectivity index (χ0) is 24.1. The molecule has 2 aliphatic heterocycles. The van der Waals surface area contributed by atoms with Crippen LogP contribution >= 0.6 is 0 Å². The van der Waals surface area contributed by atoms with E-state index in [2.05, 4.69) is 53.5 Å². The molecule has 7 heteroatoms. The van der Waals surface area contributed by atoms with Crippen LogP contribution in [0.4, 0.5) is 5.69 Å². The van der Waals surface area contributed by atoms with Crippen LogP contribution in [0.5, 0.6) is 0 Å². The van der Waals surface area contributed by atoms with Gasteiger partial charge in [-0.15, -0.1) is 0 Å². The molecule has 4 atom stereocenters. The Labute approximate surface area is 207 Å². The molecule has 2 aromatic rings. The topological polar surface area (TPSA) is 64.8 Å². The molecule has 1 aromatic heterocycles. The molecule has 4 aliphatic carbocycles. The molecule has 3 heterocycles. The fourth-order valence-corrected chi connectivity index (χ4v) is 7.55. The summed E-state index contributed by atoms with van der Waals surface area (Å²) in [5, 5.41) is 14.8. The summed E-state index contributed by atoms with van der Waals surface area (Å²) in [4.78, 5) is 20.4. The fourth-order valence-electron chi connectivity index (χ4n) is 7.55. The summed E-state index contributed by atoms with van der Waals surface area (Å²) in [6.45, 7) is 14.2. The second kappa shape index (κ2) is 7.56. The zero-order valence-electron chi connectivity index (χ0n) is 21.2. The van der Waals surface area contributed by atoms with E-state index in [-0.39, 0.29) is 12.0 Å². The monoisotopic (exact) mass is 475 g/mol. The van der Waals surface area contributed by atoms with Crippen molar-refractivity contribution in [2.45, 2.75) is 58.1 Å². The second-order valence-electron chi connectivity index (χ2n) is 11.8. The van der Waals surface area contributed by atoms with Crippen molar-refractivity contribution < 1.29 is 9.90 Å². The third kappa shape index (κ3) is 3.10. The summed E-state index contributed by atoms with van der Waals surface area (Å²) >= 11 is 0. The Balaban J connectivity index is 1.04. The summed E-state index contributed by atoms with van der Waals surface area (Å²) in [6, 6.07) is 6.61. The van der Waals surface area contributed by atoms with E-state index >= 15 is 0 Å². The van der Waals surface area contributed by atoms with Crippen molar-refractivity contribution in [3.8, 4) is 0 Å². The molecule has 1 aromatic carbocycles. The summed E-state index contributed by atoms with van der Waals surface area (Å²) in [5.74, 6) is 2.04. The second-order valence-corrected chi connectivity index (χ2v) is 11.8. The number of amides is 1. The number of aromatic nitrogens is 2. The number of rotatable bonds is 5. The van der Waals surface area contributed by atoms with Gasteiger partial charge in [-0.1, -0.05) is 19.1 Å². The lowest BCUT2D eigenvalue weighted by Crippen LogP contribution is -2.47. The highest BCUT2D eigenvalue weighted by atomic mass is 16.3. The Morgan fingerprint density at radius 2 is 1.77 bits per heavy atom. The van der Waals surface area contributed by atoms with Crippen molar-refractivity contribution >= 4 is 11.6 Å². The van der Waals surface area contributed by atoms with Gasteiger partial charge in [-0.3, -0.25) is 14.4 Å². The molecule has 2 bridgehead atoms. The van der Waals surface area contributed by atoms with Gasteiger partial charge < -0.3 is 14.9 Å². The van der Waals surface area contributed by atoms with Crippen molar-refractivity contribution in [2.75, 3.05) is 50.7 Å². The Bertz CT molecular complexity index is 1190. The van der Waals surface area contributed by atoms with E-state index < -0.39 is 0 Å². The Hall–Kier alpha value is -2.38. The summed E-state index contributed by atoms with van der Waals surface area (Å²) in [7, 11) is 0. The van der Waals surface area contributed by atoms with Gasteiger partial charge in [-0.2, -0.15) is 5.10 Å². The van der Waals surface area contributed by atoms with Crippen molar-refractivity contribution in [3.05, 3.63) is 46.3 Å². The number of aliphatic hydroxyl groups is 1. The van der Waals surface area contributed by atoms with Crippen LogP contribution in [0.15, 0.2) is 18.2 Å². The smallest absolute Gasteiger partial charge is 0.274 e. The van der Waals surface area contributed by atoms with Gasteiger partial charge in [0.2, 0.25) is 0 Å². The number of carbonyl (C=O) groups excluding carboxylic acids is 1. The molecule has 0 spiro atoms. The van der Waals surface area contributed by atoms with E-state index in [1.165, 1.54) is 28.1 Å². The lowest BCUT2D eigenvalue weighted by atomic mass is 10.0. The summed E-state index contributed by atoms with van der Waals surface area (Å²) in [6.07, 6.45) is 1.08. The molecule has 7 nitrogen and oxygen atoms in total. The molecule has 8 rings (SSSR count). The normalized spacial score (nSPS) is 31.5. The van der Waals surface area contributed by atoms with Crippen LogP contribution in [0, 0.1) is 25.2 Å². The predicted molar refractivity (Wildman–Crippen MR) is 135 cm³/mol. The van der Waals surface area contributed by atoms with E-state index in [0.29, 0.717) is 43.2 Å². The minimum Gasteiger partial charge on any atom is -0.393 e. The molecule has 6 aliphatic rings. The standard InChI is InChI=1S/C28H37N5O2/c1-17-5-4-6-20(18(17)2)31-14-11-30(12-15-31)13-16-33-26-21(22-23-24(26)28(22,23)3)25(29-33)27(35)32-9-7-19(34)8-10-32/h4-6,19,22-24,34H,7-16H2,1-3H3/t22-,23-,24?,28-/m0/s1. The molecular weight excluding hydrogens is 438 g/mol. The van der Waals surface area contributed by atoms with Crippen LogP contribution in [0.2, 0.25) is 0 Å². The van der Waals surface area contributed by atoms with Crippen molar-refractivity contribution in [1.82, 2.24) is 19.6 Å². The van der Waals surface area contributed by atoms with Crippen LogP contribution in [-0.4, -0.2) is 82.5 Å². The Kier molecular flexibility index (Phi) is 4.72. The number of nitrogens with zero attached hydrogens (tertiary/aromatic N) is 5. The highest BCUT2D eigenvalue weighted by Crippen LogP contribution is 2.96. The molecular formula is C28H37N5O2. The first-order chi connectivity index (χ1) is 16.9. The molecule has 186 valence electrons. The molecule has 1 amide bonds. The highest BCUT2D eigenvalue weighted by molar-refractivity contribution is 5.96. The van der Waals surface area contributed by atoms with Crippen LogP contribution in [0.1, 0.15) is 64.5 Å². The number of aliphatic hydroxyl groups excluding tert-OH is 1. The first kappa shape index (κ1) is 21.9. The third-order valence-electron chi connectivity index (χ3n) is 10.1. The lowest BCUT2D eigenvalue weighted by Gasteiger charge is -2.37. The van der Waals surface area contributed by atoms with E-state index in [4.69, 9.17) is 5.10 Å². The molecule has 4 fully saturated rings. The van der Waals surface area contributed by atoms with Gasteiger partial charge in [0, 0.05) is 68.7 Å². The van der Waals surface area contributed by atoms with E-state index in [0.717, 1.165) is 50.9 Å². The summed E-state index contributed by atoms with van der Waals surface area (Å²) in [5.41, 5.74) is 7.91. The van der Waals surface area contributed by atoms with Crippen LogP contribution < -0.4 is 4.90 Å². The van der Waals surface area contributed by atoms with Crippen LogP contribution in [0.3, 0.4) is 0 Å². The minimum absolute atomic E-state index is 0.0876. The fraction of sp³-hybridized carbons (Fsp3) is 0.643. The number of hydrogen-bond donors (Lipinski definition) is 1. The Morgan fingerprint density at radius 1 is 1.06 bits per heavy atom. The molecule has 1 N–H and O–H groups in total.